The molecule has 1 atom stereocenters. The molecule has 1 N–H and O–H groups in total. The van der Waals surface area contributed by atoms with Gasteiger partial charge in [0.1, 0.15) is 11.5 Å². The number of aromatic nitrogens is 1. The third-order valence-electron chi connectivity index (χ3n) is 2.88. The summed E-state index contributed by atoms with van der Waals surface area (Å²) in [7, 11) is 1.61. The van der Waals surface area contributed by atoms with E-state index in [-0.39, 0.29) is 11.2 Å². The number of amides is 1. The van der Waals surface area contributed by atoms with Crippen LogP contribution in [0.4, 0.5) is 5.69 Å². The summed E-state index contributed by atoms with van der Waals surface area (Å²) in [5, 5.41) is 6.51. The van der Waals surface area contributed by atoms with Crippen LogP contribution in [-0.4, -0.2) is 23.4 Å². The Morgan fingerprint density at radius 1 is 1.43 bits per heavy atom. The van der Waals surface area contributed by atoms with E-state index in [2.05, 4.69) is 10.5 Å². The Morgan fingerprint density at radius 3 is 2.71 bits per heavy atom. The fraction of sp³-hybridized carbons (Fsp3) is 0.333. The van der Waals surface area contributed by atoms with E-state index >= 15 is 0 Å². The summed E-state index contributed by atoms with van der Waals surface area (Å²) in [6, 6.07) is 9.12. The molecule has 0 radical (unpaired) electrons. The largest absolute Gasteiger partial charge is 0.497 e. The van der Waals surface area contributed by atoms with Gasteiger partial charge in [-0.2, -0.15) is 0 Å². The smallest absolute Gasteiger partial charge is 0.237 e. The fourth-order valence-electron chi connectivity index (χ4n) is 1.69. The van der Waals surface area contributed by atoms with Crippen molar-refractivity contribution in [3.05, 3.63) is 41.8 Å². The highest BCUT2D eigenvalue weighted by molar-refractivity contribution is 7.99. The van der Waals surface area contributed by atoms with Gasteiger partial charge >= 0.3 is 0 Å². The van der Waals surface area contributed by atoms with Crippen LogP contribution in [0.2, 0.25) is 0 Å². The molecular weight excluding hydrogens is 288 g/mol. The lowest BCUT2D eigenvalue weighted by atomic mass is 10.3. The number of carbonyl (C=O) groups is 1. The quantitative estimate of drug-likeness (QED) is 0.887. The average Bonchev–Trinajstić information content (AvgIpc) is 2.91. The normalized spacial score (nSPS) is 12.0. The molecule has 0 fully saturated rings. The summed E-state index contributed by atoms with van der Waals surface area (Å²) in [6.07, 6.45) is 0. The number of ether oxygens (including phenoxy) is 1. The molecule has 112 valence electrons. The first kappa shape index (κ1) is 15.4. The first-order valence-electron chi connectivity index (χ1n) is 6.57. The van der Waals surface area contributed by atoms with Gasteiger partial charge in [0.2, 0.25) is 5.91 Å². The van der Waals surface area contributed by atoms with E-state index in [1.165, 1.54) is 11.8 Å². The van der Waals surface area contributed by atoms with Gasteiger partial charge in [0, 0.05) is 11.8 Å². The van der Waals surface area contributed by atoms with Crippen molar-refractivity contribution in [3.8, 4) is 5.75 Å². The van der Waals surface area contributed by atoms with Crippen LogP contribution in [0.15, 0.2) is 34.9 Å². The maximum atomic E-state index is 12.1. The van der Waals surface area contributed by atoms with E-state index in [4.69, 9.17) is 9.26 Å². The van der Waals surface area contributed by atoms with Crippen molar-refractivity contribution in [2.45, 2.75) is 24.9 Å². The summed E-state index contributed by atoms with van der Waals surface area (Å²) in [6.45, 7) is 3.74. The Bertz CT molecular complexity index is 595. The van der Waals surface area contributed by atoms with Gasteiger partial charge in [0.05, 0.1) is 23.8 Å². The first-order valence-corrected chi connectivity index (χ1v) is 7.62. The highest BCUT2D eigenvalue weighted by atomic mass is 32.2. The van der Waals surface area contributed by atoms with E-state index < -0.39 is 0 Å². The number of benzene rings is 1. The number of nitrogens with zero attached hydrogens (tertiary/aromatic N) is 1. The summed E-state index contributed by atoms with van der Waals surface area (Å²) < 4.78 is 10.2. The third-order valence-corrected chi connectivity index (χ3v) is 4.04. The Labute approximate surface area is 128 Å². The van der Waals surface area contributed by atoms with Crippen LogP contribution < -0.4 is 10.1 Å². The zero-order chi connectivity index (χ0) is 15.2. The maximum absolute atomic E-state index is 12.1. The minimum Gasteiger partial charge on any atom is -0.497 e. The van der Waals surface area contributed by atoms with E-state index in [0.717, 1.165) is 22.9 Å². The van der Waals surface area contributed by atoms with Gasteiger partial charge in [0.15, 0.2) is 0 Å². The average molecular weight is 306 g/mol. The summed E-state index contributed by atoms with van der Waals surface area (Å²) in [4.78, 5) is 12.1. The highest BCUT2D eigenvalue weighted by Gasteiger charge is 2.15. The Balaban J connectivity index is 1.83. The van der Waals surface area contributed by atoms with Crippen molar-refractivity contribution in [1.82, 2.24) is 5.16 Å². The first-order chi connectivity index (χ1) is 10.1. The fourth-order valence-corrected chi connectivity index (χ4v) is 2.45. The van der Waals surface area contributed by atoms with Crippen molar-refractivity contribution < 1.29 is 14.1 Å². The molecule has 1 unspecified atom stereocenters. The molecule has 0 bridgehead atoms. The number of anilines is 1. The summed E-state index contributed by atoms with van der Waals surface area (Å²) in [5.74, 6) is 2.12. The van der Waals surface area contributed by atoms with Crippen LogP contribution in [0, 0.1) is 6.92 Å². The van der Waals surface area contributed by atoms with Crippen LogP contribution in [0.25, 0.3) is 0 Å². The third kappa shape index (κ3) is 4.53. The Hall–Kier alpha value is -1.95. The number of rotatable bonds is 6. The second kappa shape index (κ2) is 7.17. The molecule has 0 spiro atoms. The highest BCUT2D eigenvalue weighted by Crippen LogP contribution is 2.20. The molecule has 0 aliphatic heterocycles. The van der Waals surface area contributed by atoms with Crippen molar-refractivity contribution in [1.29, 1.82) is 0 Å². The molecule has 0 aliphatic rings. The Morgan fingerprint density at radius 2 is 2.14 bits per heavy atom. The topological polar surface area (TPSA) is 64.4 Å². The predicted octanol–water partition coefficient (Wildman–Crippen LogP) is 3.25. The number of aryl methyl sites for hydroxylation is 1. The number of thioether (sulfide) groups is 1. The zero-order valence-electron chi connectivity index (χ0n) is 12.3. The standard InChI is InChI=1S/C15H18N2O3S/c1-10-8-14(20-17-10)9-21-11(2)15(18)16-12-4-6-13(19-3)7-5-12/h4-8,11H,9H2,1-3H3,(H,16,18). The molecule has 1 aromatic heterocycles. The number of carbonyl (C=O) groups excluding carboxylic acids is 1. The maximum Gasteiger partial charge on any atom is 0.237 e. The molecule has 1 amide bonds. The minimum atomic E-state index is -0.183. The molecule has 6 heteroatoms. The number of methoxy groups -OCH3 is 1. The van der Waals surface area contributed by atoms with Crippen molar-refractivity contribution in [2.24, 2.45) is 0 Å². The SMILES string of the molecule is COc1ccc(NC(=O)C(C)SCc2cc(C)no2)cc1. The molecular formula is C15H18N2O3S. The molecule has 5 nitrogen and oxygen atoms in total. The van der Waals surface area contributed by atoms with E-state index in [9.17, 15) is 4.79 Å². The molecule has 2 rings (SSSR count). The molecule has 0 saturated heterocycles. The molecule has 2 aromatic rings. The van der Waals surface area contributed by atoms with Crippen LogP contribution in [-0.2, 0) is 10.5 Å². The second-order valence-corrected chi connectivity index (χ2v) is 5.93. The van der Waals surface area contributed by atoms with Gasteiger partial charge in [0.25, 0.3) is 0 Å². The molecule has 21 heavy (non-hydrogen) atoms. The zero-order valence-corrected chi connectivity index (χ0v) is 13.1. The molecule has 0 aliphatic carbocycles. The van der Waals surface area contributed by atoms with Gasteiger partial charge in [-0.15, -0.1) is 11.8 Å². The van der Waals surface area contributed by atoms with E-state index in [1.807, 2.05) is 44.2 Å². The lowest BCUT2D eigenvalue weighted by molar-refractivity contribution is -0.115. The number of hydrogen-bond donors (Lipinski definition) is 1. The molecule has 0 saturated carbocycles. The predicted molar refractivity (Wildman–Crippen MR) is 83.6 cm³/mol. The van der Waals surface area contributed by atoms with Crippen molar-refractivity contribution >= 4 is 23.4 Å². The van der Waals surface area contributed by atoms with Gasteiger partial charge in [-0.1, -0.05) is 5.16 Å². The van der Waals surface area contributed by atoms with Crippen LogP contribution in [0.3, 0.4) is 0 Å². The van der Waals surface area contributed by atoms with Crippen LogP contribution >= 0.6 is 11.8 Å². The lowest BCUT2D eigenvalue weighted by Gasteiger charge is -2.11. The van der Waals surface area contributed by atoms with Gasteiger partial charge < -0.3 is 14.6 Å². The van der Waals surface area contributed by atoms with E-state index in [1.54, 1.807) is 7.11 Å². The molecule has 1 aromatic carbocycles. The lowest BCUT2D eigenvalue weighted by Crippen LogP contribution is -2.22. The molecule has 1 heterocycles. The Kier molecular flexibility index (Phi) is 5.27. The minimum absolute atomic E-state index is 0.0404. The van der Waals surface area contributed by atoms with Gasteiger partial charge in [-0.3, -0.25) is 4.79 Å². The number of nitrogens with one attached hydrogen (secondary N) is 1. The van der Waals surface area contributed by atoms with Crippen molar-refractivity contribution in [3.63, 3.8) is 0 Å². The van der Waals surface area contributed by atoms with Crippen LogP contribution in [0.1, 0.15) is 18.4 Å². The van der Waals surface area contributed by atoms with E-state index in [0.29, 0.717) is 5.75 Å². The monoisotopic (exact) mass is 306 g/mol. The van der Waals surface area contributed by atoms with Crippen LogP contribution in [0.5, 0.6) is 5.75 Å². The van der Waals surface area contributed by atoms with Gasteiger partial charge in [-0.05, 0) is 38.1 Å². The van der Waals surface area contributed by atoms with Crippen molar-refractivity contribution in [2.75, 3.05) is 12.4 Å². The summed E-state index contributed by atoms with van der Waals surface area (Å²) >= 11 is 1.51. The number of hydrogen-bond acceptors (Lipinski definition) is 5. The van der Waals surface area contributed by atoms with Gasteiger partial charge in [-0.25, -0.2) is 0 Å². The second-order valence-electron chi connectivity index (χ2n) is 4.61. The summed E-state index contributed by atoms with van der Waals surface area (Å²) in [5.41, 5.74) is 1.60.